The Bertz CT molecular complexity index is 1510. The summed E-state index contributed by atoms with van der Waals surface area (Å²) >= 11 is 0. The SMILES string of the molecule is N#C[C@@]1(c2ccc3c(N)ncnn23)OCC(OC(=O)Cc2ccc(F)cc2)C1OC(=O)CC1C=CC(F)=CC1. The Kier molecular flexibility index (Phi) is 7.08. The molecule has 1 aliphatic heterocycles. The van der Waals surface area contributed by atoms with E-state index >= 15 is 0 Å². The maximum absolute atomic E-state index is 13.3. The molecule has 0 radical (unpaired) electrons. The van der Waals surface area contributed by atoms with Crippen molar-refractivity contribution in [3.8, 4) is 6.07 Å². The molecule has 3 unspecified atom stereocenters. The number of ether oxygens (including phenoxy) is 3. The van der Waals surface area contributed by atoms with Crippen molar-refractivity contribution in [2.75, 3.05) is 12.3 Å². The van der Waals surface area contributed by atoms with Gasteiger partial charge in [-0.05, 0) is 54.3 Å². The fourth-order valence-electron chi connectivity index (χ4n) is 4.68. The summed E-state index contributed by atoms with van der Waals surface area (Å²) < 4.78 is 45.3. The van der Waals surface area contributed by atoms with Gasteiger partial charge in [-0.3, -0.25) is 9.59 Å². The highest BCUT2D eigenvalue weighted by Gasteiger charge is 2.58. The van der Waals surface area contributed by atoms with Gasteiger partial charge in [0.15, 0.2) is 18.0 Å². The van der Waals surface area contributed by atoms with E-state index in [4.69, 9.17) is 19.9 Å². The molecule has 12 heteroatoms. The van der Waals surface area contributed by atoms with Crippen LogP contribution in [0.2, 0.25) is 0 Å². The minimum atomic E-state index is -1.90. The predicted octanol–water partition coefficient (Wildman–Crippen LogP) is 3.09. The first-order chi connectivity index (χ1) is 18.8. The minimum Gasteiger partial charge on any atom is -0.455 e. The Labute approximate surface area is 221 Å². The number of nitrogen functional groups attached to an aromatic ring is 1. The summed E-state index contributed by atoms with van der Waals surface area (Å²) in [4.78, 5) is 29.8. The van der Waals surface area contributed by atoms with Crippen LogP contribution in [-0.2, 0) is 35.8 Å². The molecular formula is C27H23F2N5O5. The van der Waals surface area contributed by atoms with Crippen LogP contribution in [0.3, 0.4) is 0 Å². The van der Waals surface area contributed by atoms with Crippen LogP contribution in [0.5, 0.6) is 0 Å². The minimum absolute atomic E-state index is 0.0987. The number of hydrogen-bond acceptors (Lipinski definition) is 9. The summed E-state index contributed by atoms with van der Waals surface area (Å²) in [6.07, 6.45) is 2.92. The standard InChI is InChI=1S/C27H23F2N5O5/c28-18-5-1-16(2-6-18)11-23(35)38-21-13-37-27(14-30,22-10-9-20-26(31)32-15-33-34(20)22)25(21)39-24(36)12-17-3-7-19(29)8-4-17/h1-3,5-10,15,17,21,25H,4,11-13H2,(H2,31,32,33)/t17?,21?,25?,27-/m0/s1. The van der Waals surface area contributed by atoms with Gasteiger partial charge in [0, 0.05) is 0 Å². The topological polar surface area (TPSA) is 142 Å². The van der Waals surface area contributed by atoms with Gasteiger partial charge in [0.05, 0.1) is 25.1 Å². The van der Waals surface area contributed by atoms with E-state index in [9.17, 15) is 23.6 Å². The highest BCUT2D eigenvalue weighted by Crippen LogP contribution is 2.41. The summed E-state index contributed by atoms with van der Waals surface area (Å²) in [7, 11) is 0. The molecule has 5 rings (SSSR count). The van der Waals surface area contributed by atoms with Crippen molar-refractivity contribution in [1.82, 2.24) is 14.6 Å². The molecular weight excluding hydrogens is 512 g/mol. The van der Waals surface area contributed by atoms with Crippen LogP contribution < -0.4 is 5.73 Å². The van der Waals surface area contributed by atoms with Crippen molar-refractivity contribution in [3.63, 3.8) is 0 Å². The van der Waals surface area contributed by atoms with Gasteiger partial charge >= 0.3 is 11.9 Å². The molecule has 3 heterocycles. The molecule has 0 amide bonds. The number of halogens is 2. The third-order valence-corrected chi connectivity index (χ3v) is 6.62. The van der Waals surface area contributed by atoms with Gasteiger partial charge in [0.2, 0.25) is 5.60 Å². The molecule has 1 aromatic carbocycles. The van der Waals surface area contributed by atoms with Crippen molar-refractivity contribution in [3.05, 3.63) is 83.9 Å². The number of fused-ring (bicyclic) bond motifs is 1. The summed E-state index contributed by atoms with van der Waals surface area (Å²) in [6.45, 7) is -0.258. The molecule has 2 aromatic heterocycles. The average Bonchev–Trinajstić information content (AvgIpc) is 3.50. The van der Waals surface area contributed by atoms with E-state index in [-0.39, 0.29) is 42.7 Å². The first-order valence-corrected chi connectivity index (χ1v) is 12.1. The average molecular weight is 536 g/mol. The molecule has 200 valence electrons. The lowest BCUT2D eigenvalue weighted by Crippen LogP contribution is -2.45. The fraction of sp³-hybridized carbons (Fsp3) is 0.296. The molecule has 1 fully saturated rings. The summed E-state index contributed by atoms with van der Waals surface area (Å²) in [5.41, 5.74) is 5.15. The maximum Gasteiger partial charge on any atom is 0.310 e. The van der Waals surface area contributed by atoms with Crippen LogP contribution in [0.4, 0.5) is 14.6 Å². The lowest BCUT2D eigenvalue weighted by Gasteiger charge is -2.29. The Morgan fingerprint density at radius 2 is 1.97 bits per heavy atom. The number of nitrogens with zero attached hydrogens (tertiary/aromatic N) is 4. The third kappa shape index (κ3) is 5.21. The number of aromatic nitrogens is 3. The molecule has 1 aliphatic carbocycles. The zero-order valence-electron chi connectivity index (χ0n) is 20.5. The van der Waals surface area contributed by atoms with Crippen molar-refractivity contribution in [2.24, 2.45) is 5.92 Å². The predicted molar refractivity (Wildman–Crippen MR) is 132 cm³/mol. The Hall–Kier alpha value is -4.63. The number of carbonyl (C=O) groups excluding carboxylic acids is 2. The lowest BCUT2D eigenvalue weighted by atomic mass is 9.92. The first kappa shape index (κ1) is 26.0. The largest absolute Gasteiger partial charge is 0.455 e. The summed E-state index contributed by atoms with van der Waals surface area (Å²) in [6, 6.07) is 10.6. The highest BCUT2D eigenvalue weighted by molar-refractivity contribution is 5.73. The van der Waals surface area contributed by atoms with E-state index in [0.717, 1.165) is 0 Å². The number of esters is 2. The molecule has 39 heavy (non-hydrogen) atoms. The van der Waals surface area contributed by atoms with E-state index in [0.29, 0.717) is 17.5 Å². The van der Waals surface area contributed by atoms with Crippen LogP contribution in [-0.4, -0.2) is 45.4 Å². The Morgan fingerprint density at radius 1 is 1.18 bits per heavy atom. The van der Waals surface area contributed by atoms with Crippen molar-refractivity contribution in [1.29, 1.82) is 5.26 Å². The highest BCUT2D eigenvalue weighted by atomic mass is 19.1. The molecule has 0 bridgehead atoms. The van der Waals surface area contributed by atoms with E-state index < -0.39 is 35.6 Å². The second-order valence-corrected chi connectivity index (χ2v) is 9.21. The monoisotopic (exact) mass is 535 g/mol. The smallest absolute Gasteiger partial charge is 0.310 e. The quantitative estimate of drug-likeness (QED) is 0.452. The number of nitriles is 1. The molecule has 2 aliphatic rings. The van der Waals surface area contributed by atoms with Gasteiger partial charge in [-0.15, -0.1) is 0 Å². The zero-order chi connectivity index (χ0) is 27.6. The molecule has 10 nitrogen and oxygen atoms in total. The third-order valence-electron chi connectivity index (χ3n) is 6.62. The second kappa shape index (κ2) is 10.6. The number of allylic oxidation sites excluding steroid dienone is 4. The molecule has 0 saturated carbocycles. The molecule has 0 spiro atoms. The van der Waals surface area contributed by atoms with Crippen LogP contribution in [0.1, 0.15) is 24.1 Å². The first-order valence-electron chi connectivity index (χ1n) is 12.1. The van der Waals surface area contributed by atoms with E-state index in [1.165, 1.54) is 47.3 Å². The fourth-order valence-corrected chi connectivity index (χ4v) is 4.68. The van der Waals surface area contributed by atoms with Gasteiger partial charge in [-0.25, -0.2) is 18.3 Å². The van der Waals surface area contributed by atoms with Crippen LogP contribution in [0, 0.1) is 23.1 Å². The normalized spacial score (nSPS) is 24.2. The van der Waals surface area contributed by atoms with Gasteiger partial charge in [-0.2, -0.15) is 10.4 Å². The van der Waals surface area contributed by atoms with E-state index in [1.807, 2.05) is 0 Å². The van der Waals surface area contributed by atoms with Crippen molar-refractivity contribution < 1.29 is 32.6 Å². The summed E-state index contributed by atoms with van der Waals surface area (Å²) in [5, 5.41) is 14.5. The number of hydrogen-bond donors (Lipinski definition) is 1. The maximum atomic E-state index is 13.3. The van der Waals surface area contributed by atoms with Gasteiger partial charge in [0.25, 0.3) is 0 Å². The summed E-state index contributed by atoms with van der Waals surface area (Å²) in [5.74, 6) is -2.37. The van der Waals surface area contributed by atoms with Crippen molar-refractivity contribution >= 4 is 23.3 Å². The van der Waals surface area contributed by atoms with Crippen molar-refractivity contribution in [2.45, 2.75) is 37.1 Å². The van der Waals surface area contributed by atoms with Gasteiger partial charge in [0.1, 0.15) is 29.6 Å². The molecule has 4 atom stereocenters. The van der Waals surface area contributed by atoms with Gasteiger partial charge < -0.3 is 19.9 Å². The number of carbonyl (C=O) groups is 2. The molecule has 2 N–H and O–H groups in total. The van der Waals surface area contributed by atoms with Gasteiger partial charge in [-0.1, -0.05) is 18.2 Å². The lowest BCUT2D eigenvalue weighted by molar-refractivity contribution is -0.169. The molecule has 3 aromatic rings. The van der Waals surface area contributed by atoms with Crippen LogP contribution >= 0.6 is 0 Å². The Morgan fingerprint density at radius 3 is 2.69 bits per heavy atom. The zero-order valence-corrected chi connectivity index (χ0v) is 20.5. The number of anilines is 1. The van der Waals surface area contributed by atoms with Crippen LogP contribution in [0.25, 0.3) is 5.52 Å². The Balaban J connectivity index is 1.43. The number of rotatable bonds is 7. The van der Waals surface area contributed by atoms with E-state index in [2.05, 4.69) is 16.2 Å². The number of benzene rings is 1. The van der Waals surface area contributed by atoms with Crippen LogP contribution in [0.15, 0.2) is 66.8 Å². The second-order valence-electron chi connectivity index (χ2n) is 9.21. The number of nitrogens with two attached hydrogens (primary N) is 1. The van der Waals surface area contributed by atoms with E-state index in [1.54, 1.807) is 18.2 Å². The molecule has 1 saturated heterocycles.